The SMILES string of the molecule is Cc1cc(C2CCCN2C(=O)Nc2cccnc2)on1. The van der Waals surface area contributed by atoms with Crippen LogP contribution >= 0.6 is 0 Å². The third kappa shape index (κ3) is 2.49. The van der Waals surface area contributed by atoms with Gasteiger partial charge in [-0.05, 0) is 31.9 Å². The number of hydrogen-bond donors (Lipinski definition) is 1. The van der Waals surface area contributed by atoms with Gasteiger partial charge in [0.25, 0.3) is 0 Å². The van der Waals surface area contributed by atoms with Crippen molar-refractivity contribution in [1.82, 2.24) is 15.0 Å². The van der Waals surface area contributed by atoms with Crippen molar-refractivity contribution in [2.45, 2.75) is 25.8 Å². The van der Waals surface area contributed by atoms with Crippen molar-refractivity contribution >= 4 is 11.7 Å². The summed E-state index contributed by atoms with van der Waals surface area (Å²) in [5, 5.41) is 6.75. The van der Waals surface area contributed by atoms with Gasteiger partial charge in [-0.15, -0.1) is 0 Å². The van der Waals surface area contributed by atoms with Crippen molar-refractivity contribution in [3.8, 4) is 0 Å². The second kappa shape index (κ2) is 5.32. The van der Waals surface area contributed by atoms with Crippen molar-refractivity contribution in [2.24, 2.45) is 0 Å². The Balaban J connectivity index is 1.73. The molecule has 0 aliphatic carbocycles. The topological polar surface area (TPSA) is 71.3 Å². The highest BCUT2D eigenvalue weighted by Gasteiger charge is 2.32. The van der Waals surface area contributed by atoms with Crippen molar-refractivity contribution in [2.75, 3.05) is 11.9 Å². The zero-order valence-corrected chi connectivity index (χ0v) is 11.2. The highest BCUT2D eigenvalue weighted by atomic mass is 16.5. The molecule has 3 heterocycles. The minimum absolute atomic E-state index is 0.0344. The van der Waals surface area contributed by atoms with E-state index < -0.39 is 0 Å². The van der Waals surface area contributed by atoms with Gasteiger partial charge in [0.1, 0.15) is 0 Å². The van der Waals surface area contributed by atoms with Crippen LogP contribution in [-0.4, -0.2) is 27.6 Å². The molecule has 1 unspecified atom stereocenters. The minimum Gasteiger partial charge on any atom is -0.359 e. The highest BCUT2D eigenvalue weighted by Crippen LogP contribution is 2.32. The summed E-state index contributed by atoms with van der Waals surface area (Å²) in [6, 6.07) is 5.33. The lowest BCUT2D eigenvalue weighted by Crippen LogP contribution is -2.34. The van der Waals surface area contributed by atoms with E-state index >= 15 is 0 Å². The average Bonchev–Trinajstić information content (AvgIpc) is 3.08. The average molecular weight is 272 g/mol. The van der Waals surface area contributed by atoms with Crippen molar-refractivity contribution in [3.05, 3.63) is 42.0 Å². The van der Waals surface area contributed by atoms with E-state index in [9.17, 15) is 4.79 Å². The fraction of sp³-hybridized carbons (Fsp3) is 0.357. The standard InChI is InChI=1S/C14H16N4O2/c1-10-8-13(20-17-10)12-5-3-7-18(12)14(19)16-11-4-2-6-15-9-11/h2,4,6,8-9,12H,3,5,7H2,1H3,(H,16,19). The molecule has 6 nitrogen and oxygen atoms in total. The second-order valence-electron chi connectivity index (χ2n) is 4.89. The van der Waals surface area contributed by atoms with Crippen LogP contribution in [0.5, 0.6) is 0 Å². The Morgan fingerprint density at radius 2 is 2.45 bits per heavy atom. The van der Waals surface area contributed by atoms with Crippen molar-refractivity contribution in [3.63, 3.8) is 0 Å². The van der Waals surface area contributed by atoms with Gasteiger partial charge < -0.3 is 14.7 Å². The summed E-state index contributed by atoms with van der Waals surface area (Å²) in [5.41, 5.74) is 1.52. The van der Waals surface area contributed by atoms with Crippen LogP contribution in [0.2, 0.25) is 0 Å². The van der Waals surface area contributed by atoms with E-state index in [2.05, 4.69) is 15.5 Å². The van der Waals surface area contributed by atoms with Crippen LogP contribution in [0.25, 0.3) is 0 Å². The van der Waals surface area contributed by atoms with Gasteiger partial charge in [-0.25, -0.2) is 4.79 Å². The number of aromatic nitrogens is 2. The van der Waals surface area contributed by atoms with Crippen LogP contribution in [0.3, 0.4) is 0 Å². The predicted molar refractivity (Wildman–Crippen MR) is 73.2 cm³/mol. The largest absolute Gasteiger partial charge is 0.359 e. The molecule has 3 rings (SSSR count). The van der Waals surface area contributed by atoms with E-state index in [1.807, 2.05) is 19.1 Å². The third-order valence-electron chi connectivity index (χ3n) is 3.40. The zero-order chi connectivity index (χ0) is 13.9. The summed E-state index contributed by atoms with van der Waals surface area (Å²) in [6.45, 7) is 2.60. The van der Waals surface area contributed by atoms with Gasteiger partial charge in [-0.1, -0.05) is 5.16 Å². The molecular weight excluding hydrogens is 256 g/mol. The second-order valence-corrected chi connectivity index (χ2v) is 4.89. The molecule has 0 saturated carbocycles. The fourth-order valence-electron chi connectivity index (χ4n) is 2.48. The molecular formula is C14H16N4O2. The van der Waals surface area contributed by atoms with Gasteiger partial charge in [0.05, 0.1) is 23.6 Å². The normalized spacial score (nSPS) is 18.2. The van der Waals surface area contributed by atoms with Crippen LogP contribution < -0.4 is 5.32 Å². The fourth-order valence-corrected chi connectivity index (χ4v) is 2.48. The number of likely N-dealkylation sites (tertiary alicyclic amines) is 1. The molecule has 104 valence electrons. The summed E-state index contributed by atoms with van der Waals surface area (Å²) in [5.74, 6) is 0.751. The first kappa shape index (κ1) is 12.7. The molecule has 2 amide bonds. The molecule has 0 bridgehead atoms. The van der Waals surface area contributed by atoms with Crippen LogP contribution in [0.1, 0.15) is 30.3 Å². The summed E-state index contributed by atoms with van der Waals surface area (Å²) in [7, 11) is 0. The maximum atomic E-state index is 12.3. The van der Waals surface area contributed by atoms with Gasteiger partial charge >= 0.3 is 6.03 Å². The minimum atomic E-state index is -0.130. The Kier molecular flexibility index (Phi) is 3.37. The maximum absolute atomic E-state index is 12.3. The number of aryl methyl sites for hydroxylation is 1. The van der Waals surface area contributed by atoms with Gasteiger partial charge in [0.15, 0.2) is 5.76 Å². The highest BCUT2D eigenvalue weighted by molar-refractivity contribution is 5.89. The van der Waals surface area contributed by atoms with E-state index in [0.717, 1.165) is 30.8 Å². The van der Waals surface area contributed by atoms with E-state index in [1.165, 1.54) is 0 Å². The van der Waals surface area contributed by atoms with Gasteiger partial charge in [-0.2, -0.15) is 0 Å². The number of nitrogens with zero attached hydrogens (tertiary/aromatic N) is 3. The Morgan fingerprint density at radius 3 is 3.15 bits per heavy atom. The number of rotatable bonds is 2. The molecule has 0 radical (unpaired) electrons. The predicted octanol–water partition coefficient (Wildman–Crippen LogP) is 2.75. The number of amides is 2. The van der Waals surface area contributed by atoms with E-state index in [-0.39, 0.29) is 12.1 Å². The number of urea groups is 1. The van der Waals surface area contributed by atoms with E-state index in [0.29, 0.717) is 5.69 Å². The Bertz CT molecular complexity index is 596. The number of pyridine rings is 1. The van der Waals surface area contributed by atoms with Crippen LogP contribution in [-0.2, 0) is 0 Å². The Morgan fingerprint density at radius 1 is 1.55 bits per heavy atom. The van der Waals surface area contributed by atoms with Crippen molar-refractivity contribution < 1.29 is 9.32 Å². The molecule has 1 aliphatic rings. The lowest BCUT2D eigenvalue weighted by Gasteiger charge is -2.22. The smallest absolute Gasteiger partial charge is 0.322 e. The molecule has 6 heteroatoms. The van der Waals surface area contributed by atoms with E-state index in [4.69, 9.17) is 4.52 Å². The van der Waals surface area contributed by atoms with Crippen LogP contribution in [0, 0.1) is 6.92 Å². The summed E-state index contributed by atoms with van der Waals surface area (Å²) < 4.78 is 5.29. The summed E-state index contributed by atoms with van der Waals surface area (Å²) in [6.07, 6.45) is 5.16. The number of hydrogen-bond acceptors (Lipinski definition) is 4. The molecule has 20 heavy (non-hydrogen) atoms. The summed E-state index contributed by atoms with van der Waals surface area (Å²) >= 11 is 0. The first-order valence-corrected chi connectivity index (χ1v) is 6.65. The van der Waals surface area contributed by atoms with Gasteiger partial charge in [0, 0.05) is 18.8 Å². The Labute approximate surface area is 116 Å². The summed E-state index contributed by atoms with van der Waals surface area (Å²) in [4.78, 5) is 18.1. The van der Waals surface area contributed by atoms with Crippen LogP contribution in [0.15, 0.2) is 35.1 Å². The number of nitrogens with one attached hydrogen (secondary N) is 1. The monoisotopic (exact) mass is 272 g/mol. The molecule has 0 aromatic carbocycles. The number of carbonyl (C=O) groups excluding carboxylic acids is 1. The molecule has 1 aliphatic heterocycles. The van der Waals surface area contributed by atoms with E-state index in [1.54, 1.807) is 23.4 Å². The zero-order valence-electron chi connectivity index (χ0n) is 11.2. The van der Waals surface area contributed by atoms with Crippen molar-refractivity contribution in [1.29, 1.82) is 0 Å². The Hall–Kier alpha value is -2.37. The van der Waals surface area contributed by atoms with Crippen LogP contribution in [0.4, 0.5) is 10.5 Å². The molecule has 0 spiro atoms. The quantitative estimate of drug-likeness (QED) is 0.912. The number of anilines is 1. The lowest BCUT2D eigenvalue weighted by molar-refractivity contribution is 0.195. The molecule has 2 aromatic rings. The molecule has 1 N–H and O–H groups in total. The first-order chi connectivity index (χ1) is 9.74. The lowest BCUT2D eigenvalue weighted by atomic mass is 10.1. The van der Waals surface area contributed by atoms with Gasteiger partial charge in [-0.3, -0.25) is 4.98 Å². The molecule has 2 aromatic heterocycles. The molecule has 1 atom stereocenters. The first-order valence-electron chi connectivity index (χ1n) is 6.65. The number of carbonyl (C=O) groups is 1. The van der Waals surface area contributed by atoms with Gasteiger partial charge in [0.2, 0.25) is 0 Å². The molecule has 1 fully saturated rings. The third-order valence-corrected chi connectivity index (χ3v) is 3.40. The maximum Gasteiger partial charge on any atom is 0.322 e. The molecule has 1 saturated heterocycles.